The highest BCUT2D eigenvalue weighted by molar-refractivity contribution is 5.79. The molecular weight excluding hydrogens is 318 g/mol. The van der Waals surface area contributed by atoms with Crippen LogP contribution in [0.3, 0.4) is 0 Å². The smallest absolute Gasteiger partial charge is 0.225 e. The minimum absolute atomic E-state index is 0.0355. The fourth-order valence-corrected chi connectivity index (χ4v) is 3.15. The minimum Gasteiger partial charge on any atom is -0.348 e. The maximum atomic E-state index is 12.6. The first-order valence-corrected chi connectivity index (χ1v) is 8.39. The highest BCUT2D eigenvalue weighted by Gasteiger charge is 2.27. The van der Waals surface area contributed by atoms with Crippen LogP contribution in [-0.2, 0) is 11.3 Å². The number of carbonyl (C=O) groups is 1. The Morgan fingerprint density at radius 2 is 2.08 bits per heavy atom. The number of nitrogens with one attached hydrogen (secondary N) is 1. The van der Waals surface area contributed by atoms with E-state index in [1.165, 1.54) is 0 Å². The third-order valence-electron chi connectivity index (χ3n) is 4.43. The third kappa shape index (κ3) is 3.28. The normalized spacial score (nSPS) is 17.6. The molecule has 0 unspecified atom stereocenters. The second-order valence-corrected chi connectivity index (χ2v) is 6.10. The van der Waals surface area contributed by atoms with Gasteiger partial charge in [0.05, 0.1) is 12.5 Å². The Morgan fingerprint density at radius 3 is 2.96 bits per heavy atom. The molecule has 1 atom stereocenters. The summed E-state index contributed by atoms with van der Waals surface area (Å²) in [6.07, 6.45) is 7.16. The lowest BCUT2D eigenvalue weighted by molar-refractivity contribution is -0.125. The molecule has 8 nitrogen and oxygen atoms in total. The van der Waals surface area contributed by atoms with E-state index in [9.17, 15) is 4.79 Å². The molecular formula is C17H19N7O. The van der Waals surface area contributed by atoms with Crippen LogP contribution in [-0.4, -0.2) is 43.6 Å². The molecule has 4 heterocycles. The standard InChI is InChI=1S/C17H19N7O/c25-16(20-11-15-22-21-14-6-1-2-10-24(14)15)13-5-3-9-23(12-13)17-18-7-4-8-19-17/h1-2,4,6-8,10,13H,3,5,9,11-12H2,(H,20,25)/t13-/m0/s1. The van der Waals surface area contributed by atoms with E-state index >= 15 is 0 Å². The molecule has 0 radical (unpaired) electrons. The summed E-state index contributed by atoms with van der Waals surface area (Å²) >= 11 is 0. The van der Waals surface area contributed by atoms with E-state index in [-0.39, 0.29) is 11.8 Å². The number of carbonyl (C=O) groups excluding carboxylic acids is 1. The van der Waals surface area contributed by atoms with Crippen molar-refractivity contribution in [2.45, 2.75) is 19.4 Å². The Kier molecular flexibility index (Phi) is 4.24. The van der Waals surface area contributed by atoms with Gasteiger partial charge in [-0.15, -0.1) is 10.2 Å². The van der Waals surface area contributed by atoms with Crippen molar-refractivity contribution in [3.8, 4) is 0 Å². The Balaban J connectivity index is 1.39. The van der Waals surface area contributed by atoms with Gasteiger partial charge in [-0.1, -0.05) is 6.07 Å². The Labute approximate surface area is 144 Å². The van der Waals surface area contributed by atoms with Crippen LogP contribution in [0.1, 0.15) is 18.7 Å². The number of fused-ring (bicyclic) bond motifs is 1. The summed E-state index contributed by atoms with van der Waals surface area (Å²) in [4.78, 5) is 23.2. The van der Waals surface area contributed by atoms with Crippen LogP contribution in [0.4, 0.5) is 5.95 Å². The lowest BCUT2D eigenvalue weighted by Crippen LogP contribution is -2.43. The van der Waals surface area contributed by atoms with Gasteiger partial charge in [-0.3, -0.25) is 9.20 Å². The van der Waals surface area contributed by atoms with Gasteiger partial charge in [0.25, 0.3) is 0 Å². The molecule has 3 aromatic heterocycles. The molecule has 128 valence electrons. The fraction of sp³-hybridized carbons (Fsp3) is 0.353. The number of aromatic nitrogens is 5. The van der Waals surface area contributed by atoms with Crippen LogP contribution in [0.25, 0.3) is 5.65 Å². The maximum absolute atomic E-state index is 12.6. The second kappa shape index (κ2) is 6.84. The van der Waals surface area contributed by atoms with E-state index in [1.54, 1.807) is 18.5 Å². The van der Waals surface area contributed by atoms with Crippen molar-refractivity contribution < 1.29 is 4.79 Å². The topological polar surface area (TPSA) is 88.3 Å². The lowest BCUT2D eigenvalue weighted by Gasteiger charge is -2.31. The van der Waals surface area contributed by atoms with Gasteiger partial charge in [0.2, 0.25) is 11.9 Å². The van der Waals surface area contributed by atoms with Gasteiger partial charge in [0.15, 0.2) is 11.5 Å². The molecule has 1 N–H and O–H groups in total. The fourth-order valence-electron chi connectivity index (χ4n) is 3.15. The first kappa shape index (κ1) is 15.5. The molecule has 0 saturated carbocycles. The molecule has 1 fully saturated rings. The molecule has 25 heavy (non-hydrogen) atoms. The van der Waals surface area contributed by atoms with E-state index in [0.29, 0.717) is 19.0 Å². The average molecular weight is 337 g/mol. The molecule has 1 saturated heterocycles. The summed E-state index contributed by atoms with van der Waals surface area (Å²) in [5.74, 6) is 1.37. The van der Waals surface area contributed by atoms with E-state index in [4.69, 9.17) is 0 Å². The van der Waals surface area contributed by atoms with Crippen LogP contribution in [0.15, 0.2) is 42.9 Å². The van der Waals surface area contributed by atoms with Gasteiger partial charge < -0.3 is 10.2 Å². The number of amides is 1. The van der Waals surface area contributed by atoms with Gasteiger partial charge in [0.1, 0.15) is 0 Å². The van der Waals surface area contributed by atoms with Gasteiger partial charge in [-0.05, 0) is 31.0 Å². The van der Waals surface area contributed by atoms with Gasteiger partial charge >= 0.3 is 0 Å². The SMILES string of the molecule is O=C(NCc1nnc2ccccn12)[C@H]1CCCN(c2ncccn2)C1. The average Bonchev–Trinajstić information content (AvgIpc) is 3.10. The van der Waals surface area contributed by atoms with E-state index in [0.717, 1.165) is 30.9 Å². The molecule has 0 bridgehead atoms. The van der Waals surface area contributed by atoms with Crippen LogP contribution in [0.5, 0.6) is 0 Å². The number of piperidine rings is 1. The molecule has 4 rings (SSSR count). The zero-order chi connectivity index (χ0) is 17.1. The Bertz CT molecular complexity index is 864. The van der Waals surface area contributed by atoms with E-state index in [2.05, 4.69) is 30.4 Å². The molecule has 0 aliphatic carbocycles. The number of rotatable bonds is 4. The molecule has 1 aliphatic heterocycles. The predicted octanol–water partition coefficient (Wildman–Crippen LogP) is 1.05. The van der Waals surface area contributed by atoms with Crippen LogP contribution in [0.2, 0.25) is 0 Å². The monoisotopic (exact) mass is 337 g/mol. The predicted molar refractivity (Wildman–Crippen MR) is 91.8 cm³/mol. The second-order valence-electron chi connectivity index (χ2n) is 6.10. The zero-order valence-electron chi connectivity index (χ0n) is 13.7. The summed E-state index contributed by atoms with van der Waals surface area (Å²) in [6, 6.07) is 7.51. The van der Waals surface area contributed by atoms with Crippen LogP contribution >= 0.6 is 0 Å². The summed E-state index contributed by atoms with van der Waals surface area (Å²) < 4.78 is 1.88. The first-order valence-electron chi connectivity index (χ1n) is 8.39. The summed E-state index contributed by atoms with van der Waals surface area (Å²) in [6.45, 7) is 1.88. The Hall–Kier alpha value is -3.03. The van der Waals surface area contributed by atoms with Gasteiger partial charge in [0, 0.05) is 31.7 Å². The van der Waals surface area contributed by atoms with Gasteiger partial charge in [-0.25, -0.2) is 9.97 Å². The molecule has 3 aromatic rings. The highest BCUT2D eigenvalue weighted by atomic mass is 16.1. The largest absolute Gasteiger partial charge is 0.348 e. The molecule has 1 amide bonds. The lowest BCUT2D eigenvalue weighted by atomic mass is 9.97. The third-order valence-corrected chi connectivity index (χ3v) is 4.43. The maximum Gasteiger partial charge on any atom is 0.225 e. The quantitative estimate of drug-likeness (QED) is 0.766. The van der Waals surface area contributed by atoms with Crippen LogP contribution in [0, 0.1) is 5.92 Å². The van der Waals surface area contributed by atoms with Crippen molar-refractivity contribution >= 4 is 17.5 Å². The van der Waals surface area contributed by atoms with Crippen molar-refractivity contribution in [3.63, 3.8) is 0 Å². The number of hydrogen-bond acceptors (Lipinski definition) is 6. The first-order chi connectivity index (χ1) is 12.3. The van der Waals surface area contributed by atoms with Crippen molar-refractivity contribution in [2.24, 2.45) is 5.92 Å². The minimum atomic E-state index is -0.0725. The van der Waals surface area contributed by atoms with E-state index in [1.807, 2.05) is 28.8 Å². The molecule has 1 aliphatic rings. The molecule has 8 heteroatoms. The summed E-state index contributed by atoms with van der Waals surface area (Å²) in [7, 11) is 0. The number of hydrogen-bond donors (Lipinski definition) is 1. The van der Waals surface area contributed by atoms with Gasteiger partial charge in [-0.2, -0.15) is 0 Å². The highest BCUT2D eigenvalue weighted by Crippen LogP contribution is 2.20. The zero-order valence-corrected chi connectivity index (χ0v) is 13.7. The van der Waals surface area contributed by atoms with Crippen LogP contribution < -0.4 is 10.2 Å². The Morgan fingerprint density at radius 1 is 1.20 bits per heavy atom. The number of nitrogens with zero attached hydrogens (tertiary/aromatic N) is 6. The summed E-state index contributed by atoms with van der Waals surface area (Å²) in [5, 5.41) is 11.2. The molecule has 0 spiro atoms. The van der Waals surface area contributed by atoms with E-state index < -0.39 is 0 Å². The van der Waals surface area contributed by atoms with Crippen molar-refractivity contribution in [1.29, 1.82) is 0 Å². The van der Waals surface area contributed by atoms with Crippen molar-refractivity contribution in [1.82, 2.24) is 29.9 Å². The number of pyridine rings is 1. The number of anilines is 1. The summed E-state index contributed by atoms with van der Waals surface area (Å²) in [5.41, 5.74) is 0.775. The van der Waals surface area contributed by atoms with Crippen molar-refractivity contribution in [3.05, 3.63) is 48.7 Å². The molecule has 0 aromatic carbocycles. The van der Waals surface area contributed by atoms with Crippen molar-refractivity contribution in [2.75, 3.05) is 18.0 Å².